The molecule has 3 N–H and O–H groups in total. The highest BCUT2D eigenvalue weighted by Gasteiger charge is 2.15. The molecule has 3 heteroatoms. The number of ether oxygens (including phenoxy) is 1. The summed E-state index contributed by atoms with van der Waals surface area (Å²) in [5.74, 6) is 0. The lowest BCUT2D eigenvalue weighted by atomic mass is 10.0. The van der Waals surface area contributed by atoms with E-state index in [2.05, 4.69) is 17.4 Å². The predicted molar refractivity (Wildman–Crippen MR) is 57.2 cm³/mol. The van der Waals surface area contributed by atoms with Crippen molar-refractivity contribution in [2.75, 3.05) is 25.5 Å². The van der Waals surface area contributed by atoms with Crippen LogP contribution in [0.4, 0.5) is 5.69 Å². The Bertz CT molecular complexity index is 319. The van der Waals surface area contributed by atoms with Crippen LogP contribution in [0.3, 0.4) is 0 Å². The highest BCUT2D eigenvalue weighted by molar-refractivity contribution is 5.49. The minimum atomic E-state index is 0.298. The smallest absolute Gasteiger partial charge is 0.0662 e. The largest absolute Gasteiger partial charge is 0.399 e. The van der Waals surface area contributed by atoms with E-state index in [9.17, 15) is 0 Å². The Kier molecular flexibility index (Phi) is 2.70. The molecule has 0 spiro atoms. The van der Waals surface area contributed by atoms with Gasteiger partial charge in [0.2, 0.25) is 0 Å². The van der Waals surface area contributed by atoms with Crippen LogP contribution in [0.2, 0.25) is 0 Å². The van der Waals surface area contributed by atoms with Crippen LogP contribution in [0.25, 0.3) is 0 Å². The molecule has 1 aliphatic heterocycles. The summed E-state index contributed by atoms with van der Waals surface area (Å²) in [6.07, 6.45) is 0. The number of nitrogen functional groups attached to an aromatic ring is 1. The maximum Gasteiger partial charge on any atom is 0.0662 e. The molecule has 1 aromatic carbocycles. The van der Waals surface area contributed by atoms with Crippen molar-refractivity contribution in [1.82, 2.24) is 5.32 Å². The fraction of sp³-hybridized carbons (Fsp3) is 0.455. The van der Waals surface area contributed by atoms with Crippen molar-refractivity contribution in [2.45, 2.75) is 13.0 Å². The molecule has 0 unspecified atom stereocenters. The van der Waals surface area contributed by atoms with Crippen LogP contribution >= 0.6 is 0 Å². The Morgan fingerprint density at radius 1 is 1.50 bits per heavy atom. The summed E-state index contributed by atoms with van der Waals surface area (Å²) in [7, 11) is 0. The lowest BCUT2D eigenvalue weighted by Gasteiger charge is -2.24. The van der Waals surface area contributed by atoms with Crippen LogP contribution in [-0.4, -0.2) is 19.8 Å². The van der Waals surface area contributed by atoms with E-state index in [0.717, 1.165) is 31.0 Å². The zero-order valence-electron chi connectivity index (χ0n) is 8.42. The summed E-state index contributed by atoms with van der Waals surface area (Å²) in [5, 5.41) is 3.40. The molecule has 1 saturated heterocycles. The molecule has 0 aromatic heterocycles. The Hall–Kier alpha value is -1.06. The SMILES string of the molecule is Cc1ccc([C@H]2COCCN2)cc1N. The summed E-state index contributed by atoms with van der Waals surface area (Å²) in [4.78, 5) is 0. The molecular formula is C11H16N2O. The maximum atomic E-state index is 5.86. The molecule has 1 atom stereocenters. The van der Waals surface area contributed by atoms with Gasteiger partial charge in [-0.25, -0.2) is 0 Å². The number of rotatable bonds is 1. The first-order valence-electron chi connectivity index (χ1n) is 4.94. The molecule has 14 heavy (non-hydrogen) atoms. The van der Waals surface area contributed by atoms with Crippen molar-refractivity contribution in [3.05, 3.63) is 29.3 Å². The quantitative estimate of drug-likeness (QED) is 0.658. The topological polar surface area (TPSA) is 47.3 Å². The van der Waals surface area contributed by atoms with Crippen molar-refractivity contribution in [3.63, 3.8) is 0 Å². The van der Waals surface area contributed by atoms with Crippen molar-refractivity contribution >= 4 is 5.69 Å². The van der Waals surface area contributed by atoms with E-state index in [1.165, 1.54) is 5.56 Å². The van der Waals surface area contributed by atoms with E-state index < -0.39 is 0 Å². The van der Waals surface area contributed by atoms with Crippen LogP contribution in [0, 0.1) is 6.92 Å². The van der Waals surface area contributed by atoms with Gasteiger partial charge in [-0.15, -0.1) is 0 Å². The second-order valence-electron chi connectivity index (χ2n) is 3.70. The molecular weight excluding hydrogens is 176 g/mol. The molecule has 2 rings (SSSR count). The first-order chi connectivity index (χ1) is 6.77. The first-order valence-corrected chi connectivity index (χ1v) is 4.94. The Labute approximate surface area is 84.3 Å². The van der Waals surface area contributed by atoms with Gasteiger partial charge in [0.15, 0.2) is 0 Å². The third-order valence-corrected chi connectivity index (χ3v) is 2.63. The number of nitrogens with one attached hydrogen (secondary N) is 1. The van der Waals surface area contributed by atoms with Crippen LogP contribution in [0.15, 0.2) is 18.2 Å². The molecule has 76 valence electrons. The molecule has 1 heterocycles. The number of aryl methyl sites for hydroxylation is 1. The average molecular weight is 192 g/mol. The fourth-order valence-corrected chi connectivity index (χ4v) is 1.66. The van der Waals surface area contributed by atoms with Gasteiger partial charge in [0, 0.05) is 12.2 Å². The second kappa shape index (κ2) is 3.98. The van der Waals surface area contributed by atoms with Crippen molar-refractivity contribution < 1.29 is 4.74 Å². The van der Waals surface area contributed by atoms with E-state index in [-0.39, 0.29) is 0 Å². The minimum absolute atomic E-state index is 0.298. The molecule has 0 saturated carbocycles. The van der Waals surface area contributed by atoms with Crippen LogP contribution in [-0.2, 0) is 4.74 Å². The van der Waals surface area contributed by atoms with Gasteiger partial charge in [0.25, 0.3) is 0 Å². The highest BCUT2D eigenvalue weighted by atomic mass is 16.5. The Morgan fingerprint density at radius 3 is 3.00 bits per heavy atom. The van der Waals surface area contributed by atoms with Gasteiger partial charge in [0.1, 0.15) is 0 Å². The summed E-state index contributed by atoms with van der Waals surface area (Å²) < 4.78 is 5.40. The van der Waals surface area contributed by atoms with E-state index in [1.807, 2.05) is 13.0 Å². The van der Waals surface area contributed by atoms with Crippen LogP contribution < -0.4 is 11.1 Å². The lowest BCUT2D eigenvalue weighted by molar-refractivity contribution is 0.0769. The molecule has 0 aliphatic carbocycles. The second-order valence-corrected chi connectivity index (χ2v) is 3.70. The number of hydrogen-bond donors (Lipinski definition) is 2. The molecule has 0 bridgehead atoms. The van der Waals surface area contributed by atoms with E-state index in [0.29, 0.717) is 6.04 Å². The third-order valence-electron chi connectivity index (χ3n) is 2.63. The van der Waals surface area contributed by atoms with Gasteiger partial charge in [-0.2, -0.15) is 0 Å². The number of anilines is 1. The monoisotopic (exact) mass is 192 g/mol. The number of morpholine rings is 1. The number of benzene rings is 1. The third kappa shape index (κ3) is 1.89. The number of nitrogens with two attached hydrogens (primary N) is 1. The van der Waals surface area contributed by atoms with Gasteiger partial charge >= 0.3 is 0 Å². The van der Waals surface area contributed by atoms with Gasteiger partial charge in [-0.1, -0.05) is 12.1 Å². The van der Waals surface area contributed by atoms with Crippen molar-refractivity contribution in [1.29, 1.82) is 0 Å². The van der Waals surface area contributed by atoms with Gasteiger partial charge in [-0.3, -0.25) is 0 Å². The van der Waals surface area contributed by atoms with Gasteiger partial charge in [-0.05, 0) is 24.1 Å². The van der Waals surface area contributed by atoms with Crippen molar-refractivity contribution in [2.24, 2.45) is 0 Å². The highest BCUT2D eigenvalue weighted by Crippen LogP contribution is 2.20. The molecule has 1 fully saturated rings. The Balaban J connectivity index is 2.18. The Morgan fingerprint density at radius 2 is 2.36 bits per heavy atom. The van der Waals surface area contributed by atoms with Crippen molar-refractivity contribution in [3.8, 4) is 0 Å². The lowest BCUT2D eigenvalue weighted by Crippen LogP contribution is -2.34. The zero-order chi connectivity index (χ0) is 9.97. The number of hydrogen-bond acceptors (Lipinski definition) is 3. The summed E-state index contributed by atoms with van der Waals surface area (Å²) in [6, 6.07) is 6.49. The normalized spacial score (nSPS) is 22.2. The molecule has 0 amide bonds. The average Bonchev–Trinajstić information content (AvgIpc) is 2.23. The van der Waals surface area contributed by atoms with E-state index >= 15 is 0 Å². The molecule has 1 aromatic rings. The van der Waals surface area contributed by atoms with Gasteiger partial charge < -0.3 is 15.8 Å². The summed E-state index contributed by atoms with van der Waals surface area (Å²) >= 11 is 0. The zero-order valence-corrected chi connectivity index (χ0v) is 8.42. The molecule has 3 nitrogen and oxygen atoms in total. The molecule has 1 aliphatic rings. The maximum absolute atomic E-state index is 5.86. The van der Waals surface area contributed by atoms with Gasteiger partial charge in [0.05, 0.1) is 19.3 Å². The van der Waals surface area contributed by atoms with Crippen LogP contribution in [0.1, 0.15) is 17.2 Å². The fourth-order valence-electron chi connectivity index (χ4n) is 1.66. The van der Waals surface area contributed by atoms with Crippen LogP contribution in [0.5, 0.6) is 0 Å². The minimum Gasteiger partial charge on any atom is -0.399 e. The molecule has 0 radical (unpaired) electrons. The van der Waals surface area contributed by atoms with E-state index in [1.54, 1.807) is 0 Å². The summed E-state index contributed by atoms with van der Waals surface area (Å²) in [5.41, 5.74) is 9.06. The standard InChI is InChI=1S/C11H16N2O/c1-8-2-3-9(6-10(8)12)11-7-14-5-4-13-11/h2-3,6,11,13H,4-5,7,12H2,1H3/t11-/m1/s1. The predicted octanol–water partition coefficient (Wildman–Crippen LogP) is 1.24. The first kappa shape index (κ1) is 9.49. The summed E-state index contributed by atoms with van der Waals surface area (Å²) in [6.45, 7) is 4.47. The van der Waals surface area contributed by atoms with E-state index in [4.69, 9.17) is 10.5 Å².